The lowest BCUT2D eigenvalue weighted by molar-refractivity contribution is -0.117. The van der Waals surface area contributed by atoms with Gasteiger partial charge in [-0.05, 0) is 31.9 Å². The fraction of sp³-hybridized carbons (Fsp3) is 0.615. The third-order valence-corrected chi connectivity index (χ3v) is 3.94. The molecule has 3 rings (SSSR count). The van der Waals surface area contributed by atoms with E-state index in [0.717, 1.165) is 25.2 Å². The van der Waals surface area contributed by atoms with Crippen LogP contribution in [0.15, 0.2) is 16.5 Å². The highest BCUT2D eigenvalue weighted by Gasteiger charge is 2.51. The third kappa shape index (κ3) is 1.83. The normalized spacial score (nSPS) is 34.6. The Morgan fingerprint density at radius 2 is 2.33 bits per heavy atom. The Hall–Kier alpha value is -1.33. The van der Waals surface area contributed by atoms with E-state index in [1.807, 2.05) is 6.92 Å². The minimum atomic E-state index is -0.212. The largest absolute Gasteiger partial charge is 0.456 e. The van der Waals surface area contributed by atoms with Crippen LogP contribution in [0.25, 0.3) is 0 Å². The Morgan fingerprint density at radius 3 is 3.06 bits per heavy atom. The van der Waals surface area contributed by atoms with E-state index in [0.29, 0.717) is 11.7 Å². The number of carbonyl (C=O) groups is 1. The minimum absolute atomic E-state index is 0.00434. The highest BCUT2D eigenvalue weighted by Crippen LogP contribution is 2.37. The maximum Gasteiger partial charge on any atom is 0.287 e. The first-order valence-electron chi connectivity index (χ1n) is 6.41. The first kappa shape index (κ1) is 11.7. The van der Waals surface area contributed by atoms with E-state index < -0.39 is 0 Å². The van der Waals surface area contributed by atoms with E-state index in [-0.39, 0.29) is 24.1 Å². The molecule has 1 aliphatic heterocycles. The predicted molar refractivity (Wildman–Crippen MR) is 65.1 cm³/mol. The van der Waals surface area contributed by atoms with Crippen molar-refractivity contribution in [1.29, 1.82) is 0 Å². The standard InChI is InChI=1S/C13H18N2O3/c1-7-4-5-9(18-7)13(16)15-11-10(14)8-3-2-6-17-12(8)11/h4-5,8,10-12H,2-3,6,14H2,1H3,(H,15,16). The molecule has 0 radical (unpaired) electrons. The van der Waals surface area contributed by atoms with Crippen LogP contribution < -0.4 is 11.1 Å². The first-order valence-corrected chi connectivity index (χ1v) is 6.41. The Kier molecular flexibility index (Phi) is 2.87. The quantitative estimate of drug-likeness (QED) is 0.814. The average Bonchev–Trinajstić information content (AvgIpc) is 2.82. The monoisotopic (exact) mass is 250 g/mol. The Bertz CT molecular complexity index is 457. The molecule has 18 heavy (non-hydrogen) atoms. The van der Waals surface area contributed by atoms with Crippen LogP contribution in [0.3, 0.4) is 0 Å². The van der Waals surface area contributed by atoms with Crippen LogP contribution in [-0.4, -0.2) is 30.7 Å². The molecular formula is C13H18N2O3. The number of ether oxygens (including phenoxy) is 1. The highest BCUT2D eigenvalue weighted by atomic mass is 16.5. The summed E-state index contributed by atoms with van der Waals surface area (Å²) in [4.78, 5) is 12.0. The predicted octanol–water partition coefficient (Wildman–Crippen LogP) is 0.823. The lowest BCUT2D eigenvalue weighted by atomic mass is 9.68. The fourth-order valence-electron chi connectivity index (χ4n) is 2.91. The lowest BCUT2D eigenvalue weighted by Crippen LogP contribution is -2.72. The molecule has 1 saturated heterocycles. The zero-order valence-corrected chi connectivity index (χ0v) is 10.4. The molecule has 3 N–H and O–H groups in total. The van der Waals surface area contributed by atoms with Gasteiger partial charge < -0.3 is 20.2 Å². The molecule has 0 spiro atoms. The van der Waals surface area contributed by atoms with Crippen molar-refractivity contribution < 1.29 is 13.9 Å². The summed E-state index contributed by atoms with van der Waals surface area (Å²) in [6.07, 6.45) is 2.24. The molecule has 98 valence electrons. The molecule has 2 heterocycles. The Balaban J connectivity index is 1.64. The maximum atomic E-state index is 12.0. The molecule has 2 aliphatic rings. The summed E-state index contributed by atoms with van der Waals surface area (Å²) in [6.45, 7) is 2.58. The second kappa shape index (κ2) is 4.40. The summed E-state index contributed by atoms with van der Waals surface area (Å²) in [6, 6.07) is 3.35. The summed E-state index contributed by atoms with van der Waals surface area (Å²) in [5.74, 6) is 1.24. The number of amides is 1. The van der Waals surface area contributed by atoms with Gasteiger partial charge in [-0.15, -0.1) is 0 Å². The topological polar surface area (TPSA) is 77.5 Å². The van der Waals surface area contributed by atoms with Gasteiger partial charge >= 0.3 is 0 Å². The van der Waals surface area contributed by atoms with E-state index in [1.54, 1.807) is 12.1 Å². The molecule has 4 unspecified atom stereocenters. The molecule has 1 aromatic rings. The zero-order chi connectivity index (χ0) is 12.7. The second-order valence-corrected chi connectivity index (χ2v) is 5.13. The zero-order valence-electron chi connectivity index (χ0n) is 10.4. The number of nitrogens with two attached hydrogens (primary N) is 1. The average molecular weight is 250 g/mol. The molecule has 1 aromatic heterocycles. The van der Waals surface area contributed by atoms with Crippen LogP contribution in [0.5, 0.6) is 0 Å². The second-order valence-electron chi connectivity index (χ2n) is 5.13. The number of nitrogens with one attached hydrogen (secondary N) is 1. The molecule has 5 heteroatoms. The van der Waals surface area contributed by atoms with Gasteiger partial charge in [0.2, 0.25) is 0 Å². The van der Waals surface area contributed by atoms with E-state index in [1.165, 1.54) is 0 Å². The number of hydrogen-bond donors (Lipinski definition) is 2. The minimum Gasteiger partial charge on any atom is -0.456 e. The molecule has 2 fully saturated rings. The number of fused-ring (bicyclic) bond motifs is 1. The van der Waals surface area contributed by atoms with Gasteiger partial charge in [0.1, 0.15) is 5.76 Å². The van der Waals surface area contributed by atoms with E-state index >= 15 is 0 Å². The van der Waals surface area contributed by atoms with Crippen LogP contribution in [0.1, 0.15) is 29.2 Å². The van der Waals surface area contributed by atoms with E-state index in [2.05, 4.69) is 5.32 Å². The molecule has 4 atom stereocenters. The summed E-state index contributed by atoms with van der Waals surface area (Å²) in [5, 5.41) is 2.91. The summed E-state index contributed by atoms with van der Waals surface area (Å²) in [7, 11) is 0. The van der Waals surface area contributed by atoms with Gasteiger partial charge in [0, 0.05) is 18.6 Å². The van der Waals surface area contributed by atoms with Crippen LogP contribution in [0, 0.1) is 12.8 Å². The summed E-state index contributed by atoms with van der Waals surface area (Å²) in [5.41, 5.74) is 6.08. The van der Waals surface area contributed by atoms with Crippen molar-refractivity contribution in [3.05, 3.63) is 23.7 Å². The number of hydrogen-bond acceptors (Lipinski definition) is 4. The highest BCUT2D eigenvalue weighted by molar-refractivity contribution is 5.91. The van der Waals surface area contributed by atoms with Crippen molar-refractivity contribution in [2.24, 2.45) is 11.7 Å². The summed E-state index contributed by atoms with van der Waals surface area (Å²) >= 11 is 0. The van der Waals surface area contributed by atoms with Crippen LogP contribution in [0.2, 0.25) is 0 Å². The Labute approximate surface area is 106 Å². The van der Waals surface area contributed by atoms with Crippen molar-refractivity contribution in [2.45, 2.75) is 38.0 Å². The van der Waals surface area contributed by atoms with Crippen LogP contribution >= 0.6 is 0 Å². The molecule has 5 nitrogen and oxygen atoms in total. The van der Waals surface area contributed by atoms with Gasteiger partial charge in [-0.2, -0.15) is 0 Å². The number of carbonyl (C=O) groups excluding carboxylic acids is 1. The van der Waals surface area contributed by atoms with Gasteiger partial charge in [-0.25, -0.2) is 0 Å². The molecule has 0 aromatic carbocycles. The molecule has 1 saturated carbocycles. The van der Waals surface area contributed by atoms with Crippen molar-refractivity contribution in [1.82, 2.24) is 5.32 Å². The van der Waals surface area contributed by atoms with E-state index in [9.17, 15) is 4.79 Å². The lowest BCUT2D eigenvalue weighted by Gasteiger charge is -2.52. The first-order chi connectivity index (χ1) is 8.66. The fourth-order valence-corrected chi connectivity index (χ4v) is 2.91. The van der Waals surface area contributed by atoms with Gasteiger partial charge in [0.25, 0.3) is 5.91 Å². The smallest absolute Gasteiger partial charge is 0.287 e. The van der Waals surface area contributed by atoms with Crippen molar-refractivity contribution in [3.63, 3.8) is 0 Å². The molecule has 1 aliphatic carbocycles. The number of furan rings is 1. The molecule has 0 bridgehead atoms. The van der Waals surface area contributed by atoms with Crippen molar-refractivity contribution >= 4 is 5.91 Å². The SMILES string of the molecule is Cc1ccc(C(=O)NC2C(N)C3CCCOC32)o1. The van der Waals surface area contributed by atoms with Crippen molar-refractivity contribution in [2.75, 3.05) is 6.61 Å². The maximum absolute atomic E-state index is 12.0. The third-order valence-electron chi connectivity index (χ3n) is 3.94. The van der Waals surface area contributed by atoms with Gasteiger partial charge in [-0.1, -0.05) is 0 Å². The molecule has 1 amide bonds. The Morgan fingerprint density at radius 1 is 1.50 bits per heavy atom. The van der Waals surface area contributed by atoms with Gasteiger partial charge in [0.05, 0.1) is 12.1 Å². The van der Waals surface area contributed by atoms with Gasteiger partial charge in [-0.3, -0.25) is 4.79 Å². The van der Waals surface area contributed by atoms with Crippen LogP contribution in [0.4, 0.5) is 0 Å². The van der Waals surface area contributed by atoms with Gasteiger partial charge in [0.15, 0.2) is 5.76 Å². The molecular weight excluding hydrogens is 232 g/mol. The van der Waals surface area contributed by atoms with Crippen LogP contribution in [-0.2, 0) is 4.74 Å². The van der Waals surface area contributed by atoms with E-state index in [4.69, 9.17) is 14.9 Å². The number of rotatable bonds is 2. The van der Waals surface area contributed by atoms with Crippen molar-refractivity contribution in [3.8, 4) is 0 Å². The number of aryl methyl sites for hydroxylation is 1. The summed E-state index contributed by atoms with van der Waals surface area (Å²) < 4.78 is 11.0.